The van der Waals surface area contributed by atoms with Crippen LogP contribution < -0.4 is 0 Å². The number of epoxide rings is 1. The van der Waals surface area contributed by atoms with E-state index in [4.69, 9.17) is 4.74 Å². The van der Waals surface area contributed by atoms with Crippen molar-refractivity contribution in [2.24, 2.45) is 0 Å². The fourth-order valence-electron chi connectivity index (χ4n) is 1.33. The van der Waals surface area contributed by atoms with Crippen LogP contribution in [0.15, 0.2) is 11.9 Å². The summed E-state index contributed by atoms with van der Waals surface area (Å²) in [5.74, 6) is -1.25. The summed E-state index contributed by atoms with van der Waals surface area (Å²) in [4.78, 5) is 0. The van der Waals surface area contributed by atoms with Crippen LogP contribution in [0.5, 0.6) is 0 Å². The fraction of sp³-hybridized carbons (Fsp3) is 0.800. The second kappa shape index (κ2) is 6.06. The predicted molar refractivity (Wildman–Crippen MR) is 47.8 cm³/mol. The maximum absolute atomic E-state index is 12.3. The highest BCUT2D eigenvalue weighted by molar-refractivity contribution is 4.90. The van der Waals surface area contributed by atoms with Crippen LogP contribution in [0.2, 0.25) is 0 Å². The number of hydrogen-bond acceptors (Lipinski definition) is 1. The molecule has 1 saturated heterocycles. The van der Waals surface area contributed by atoms with Gasteiger partial charge in [-0.15, -0.1) is 0 Å². The maximum Gasteiger partial charge on any atom is 0.301 e. The van der Waals surface area contributed by atoms with Gasteiger partial charge in [-0.05, 0) is 12.8 Å². The molecule has 1 heterocycles. The fourth-order valence-corrected chi connectivity index (χ4v) is 1.33. The van der Waals surface area contributed by atoms with Gasteiger partial charge in [0.05, 0.1) is 12.7 Å². The SMILES string of the molecule is FC(F)=C(F)CCCCCCC1CO1. The molecule has 1 rings (SSSR count). The first-order valence-corrected chi connectivity index (χ1v) is 5.01. The number of unbranched alkanes of at least 4 members (excludes halogenated alkanes) is 3. The van der Waals surface area contributed by atoms with Crippen LogP contribution in [-0.4, -0.2) is 12.7 Å². The molecule has 14 heavy (non-hydrogen) atoms. The first-order valence-electron chi connectivity index (χ1n) is 5.01. The van der Waals surface area contributed by atoms with Crippen molar-refractivity contribution in [1.82, 2.24) is 0 Å². The summed E-state index contributed by atoms with van der Waals surface area (Å²) >= 11 is 0. The molecular weight excluding hydrogens is 193 g/mol. The maximum atomic E-state index is 12.3. The minimum atomic E-state index is -2.17. The zero-order valence-corrected chi connectivity index (χ0v) is 8.07. The highest BCUT2D eigenvalue weighted by Crippen LogP contribution is 2.20. The zero-order valence-electron chi connectivity index (χ0n) is 8.07. The lowest BCUT2D eigenvalue weighted by Gasteiger charge is -1.98. The molecule has 0 amide bonds. The first-order chi connectivity index (χ1) is 6.70. The molecule has 1 atom stereocenters. The van der Waals surface area contributed by atoms with Crippen LogP contribution in [0, 0.1) is 0 Å². The molecule has 1 nitrogen and oxygen atoms in total. The lowest BCUT2D eigenvalue weighted by atomic mass is 10.1. The van der Waals surface area contributed by atoms with Crippen molar-refractivity contribution < 1.29 is 17.9 Å². The average Bonchev–Trinajstić information content (AvgIpc) is 2.94. The summed E-state index contributed by atoms with van der Waals surface area (Å²) in [6, 6.07) is 0. The number of ether oxygens (including phenoxy) is 1. The summed E-state index contributed by atoms with van der Waals surface area (Å²) in [5.41, 5.74) is 0. The molecule has 0 bridgehead atoms. The van der Waals surface area contributed by atoms with Crippen LogP contribution in [-0.2, 0) is 4.74 Å². The molecule has 0 N–H and O–H groups in total. The van der Waals surface area contributed by atoms with Gasteiger partial charge in [0.2, 0.25) is 0 Å². The molecule has 1 aliphatic rings. The van der Waals surface area contributed by atoms with E-state index >= 15 is 0 Å². The smallest absolute Gasteiger partial charge is 0.301 e. The van der Waals surface area contributed by atoms with Gasteiger partial charge in [-0.2, -0.15) is 8.78 Å². The van der Waals surface area contributed by atoms with Gasteiger partial charge in [-0.1, -0.05) is 19.3 Å². The summed E-state index contributed by atoms with van der Waals surface area (Å²) in [6.45, 7) is 0.866. The molecule has 0 spiro atoms. The van der Waals surface area contributed by atoms with Gasteiger partial charge in [0, 0.05) is 6.42 Å². The minimum Gasteiger partial charge on any atom is -0.373 e. The third-order valence-corrected chi connectivity index (χ3v) is 2.28. The Bertz CT molecular complexity index is 196. The van der Waals surface area contributed by atoms with Crippen molar-refractivity contribution >= 4 is 0 Å². The molecule has 4 heteroatoms. The number of hydrogen-bond donors (Lipinski definition) is 0. The van der Waals surface area contributed by atoms with E-state index in [1.54, 1.807) is 0 Å². The largest absolute Gasteiger partial charge is 0.373 e. The molecule has 0 aromatic heterocycles. The van der Waals surface area contributed by atoms with Gasteiger partial charge in [-0.25, -0.2) is 4.39 Å². The Labute approximate surface area is 81.9 Å². The summed E-state index contributed by atoms with van der Waals surface area (Å²) in [7, 11) is 0. The lowest BCUT2D eigenvalue weighted by molar-refractivity contribution is 0.365. The Morgan fingerprint density at radius 3 is 2.29 bits per heavy atom. The standard InChI is InChI=1S/C10H15F3O/c11-9(10(12)13)6-4-2-1-3-5-8-7-14-8/h8H,1-7H2. The Morgan fingerprint density at radius 1 is 1.07 bits per heavy atom. The zero-order chi connectivity index (χ0) is 10.4. The first kappa shape index (κ1) is 11.6. The second-order valence-electron chi connectivity index (χ2n) is 3.57. The van der Waals surface area contributed by atoms with Crippen molar-refractivity contribution in [3.05, 3.63) is 11.9 Å². The Kier molecular flexibility index (Phi) is 5.01. The molecular formula is C10H15F3O. The van der Waals surface area contributed by atoms with E-state index in [1.165, 1.54) is 0 Å². The van der Waals surface area contributed by atoms with Crippen LogP contribution in [0.3, 0.4) is 0 Å². The van der Waals surface area contributed by atoms with Crippen molar-refractivity contribution in [2.75, 3.05) is 6.61 Å². The number of halogens is 3. The molecule has 0 aromatic carbocycles. The van der Waals surface area contributed by atoms with Gasteiger partial charge < -0.3 is 4.74 Å². The van der Waals surface area contributed by atoms with Crippen molar-refractivity contribution in [3.8, 4) is 0 Å². The highest BCUT2D eigenvalue weighted by Gasteiger charge is 2.20. The summed E-state index contributed by atoms with van der Waals surface area (Å²) in [5, 5.41) is 0. The minimum absolute atomic E-state index is 0.123. The second-order valence-corrected chi connectivity index (χ2v) is 3.57. The van der Waals surface area contributed by atoms with E-state index in [2.05, 4.69) is 0 Å². The molecule has 1 fully saturated rings. The van der Waals surface area contributed by atoms with E-state index < -0.39 is 11.9 Å². The number of rotatable bonds is 7. The van der Waals surface area contributed by atoms with Gasteiger partial charge in [0.25, 0.3) is 0 Å². The third-order valence-electron chi connectivity index (χ3n) is 2.28. The molecule has 82 valence electrons. The van der Waals surface area contributed by atoms with Gasteiger partial charge in [0.1, 0.15) is 0 Å². The van der Waals surface area contributed by atoms with E-state index in [9.17, 15) is 13.2 Å². The van der Waals surface area contributed by atoms with Crippen LogP contribution in [0.1, 0.15) is 38.5 Å². The van der Waals surface area contributed by atoms with Gasteiger partial charge in [-0.3, -0.25) is 0 Å². The Hall–Kier alpha value is -0.510. The molecule has 0 radical (unpaired) electrons. The van der Waals surface area contributed by atoms with Crippen molar-refractivity contribution in [3.63, 3.8) is 0 Å². The molecule has 0 aromatic rings. The molecule has 0 saturated carbocycles. The van der Waals surface area contributed by atoms with Crippen LogP contribution >= 0.6 is 0 Å². The van der Waals surface area contributed by atoms with Crippen molar-refractivity contribution in [1.29, 1.82) is 0 Å². The summed E-state index contributed by atoms with van der Waals surface area (Å²) < 4.78 is 40.5. The normalized spacial score (nSPS) is 19.5. The third kappa shape index (κ3) is 5.27. The average molecular weight is 208 g/mol. The van der Waals surface area contributed by atoms with Crippen LogP contribution in [0.25, 0.3) is 0 Å². The topological polar surface area (TPSA) is 12.5 Å². The summed E-state index contributed by atoms with van der Waals surface area (Å²) in [6.07, 6.45) is 2.54. The molecule has 0 aliphatic carbocycles. The number of allylic oxidation sites excluding steroid dienone is 1. The Morgan fingerprint density at radius 2 is 1.71 bits per heavy atom. The Balaban J connectivity index is 1.85. The quantitative estimate of drug-likeness (QED) is 0.458. The van der Waals surface area contributed by atoms with Crippen LogP contribution in [0.4, 0.5) is 13.2 Å². The van der Waals surface area contributed by atoms with E-state index in [-0.39, 0.29) is 6.42 Å². The highest BCUT2D eigenvalue weighted by atomic mass is 19.3. The van der Waals surface area contributed by atoms with E-state index in [0.717, 1.165) is 32.3 Å². The molecule has 1 unspecified atom stereocenters. The van der Waals surface area contributed by atoms with Gasteiger partial charge in [0.15, 0.2) is 5.83 Å². The van der Waals surface area contributed by atoms with E-state index in [0.29, 0.717) is 12.5 Å². The van der Waals surface area contributed by atoms with E-state index in [1.807, 2.05) is 0 Å². The van der Waals surface area contributed by atoms with Gasteiger partial charge >= 0.3 is 6.08 Å². The lowest BCUT2D eigenvalue weighted by Crippen LogP contribution is -1.86. The molecule has 1 aliphatic heterocycles. The van der Waals surface area contributed by atoms with Crippen molar-refractivity contribution in [2.45, 2.75) is 44.6 Å². The monoisotopic (exact) mass is 208 g/mol. The predicted octanol–water partition coefficient (Wildman–Crippen LogP) is 3.80.